The standard InChI is InChI=1S/C16H29NO2/c1-12(2)9-16(3,4)15(18)17-7-5-13(10-17)14-6-8-19-11-14/h12-14H,5-11H2,1-4H3. The molecule has 0 aliphatic carbocycles. The molecule has 0 saturated carbocycles. The largest absolute Gasteiger partial charge is 0.381 e. The van der Waals surface area contributed by atoms with Gasteiger partial charge < -0.3 is 9.64 Å². The van der Waals surface area contributed by atoms with Crippen molar-refractivity contribution >= 4 is 5.91 Å². The highest BCUT2D eigenvalue weighted by Gasteiger charge is 2.38. The highest BCUT2D eigenvalue weighted by Crippen LogP contribution is 2.34. The van der Waals surface area contributed by atoms with Gasteiger partial charge in [-0.1, -0.05) is 27.7 Å². The summed E-state index contributed by atoms with van der Waals surface area (Å²) < 4.78 is 5.48. The summed E-state index contributed by atoms with van der Waals surface area (Å²) in [5, 5.41) is 0. The normalized spacial score (nSPS) is 28.4. The molecule has 3 nitrogen and oxygen atoms in total. The third-order valence-corrected chi connectivity index (χ3v) is 4.64. The summed E-state index contributed by atoms with van der Waals surface area (Å²) in [6, 6.07) is 0. The second-order valence-corrected chi connectivity index (χ2v) is 7.41. The van der Waals surface area contributed by atoms with Gasteiger partial charge in [0.15, 0.2) is 0 Å². The van der Waals surface area contributed by atoms with Gasteiger partial charge in [-0.2, -0.15) is 0 Å². The Morgan fingerprint density at radius 2 is 2.05 bits per heavy atom. The molecule has 2 saturated heterocycles. The number of nitrogens with zero attached hydrogens (tertiary/aromatic N) is 1. The van der Waals surface area contributed by atoms with Crippen LogP contribution in [0.2, 0.25) is 0 Å². The van der Waals surface area contributed by atoms with Gasteiger partial charge in [0.05, 0.1) is 0 Å². The minimum atomic E-state index is -0.213. The molecule has 0 aromatic heterocycles. The first-order valence-electron chi connectivity index (χ1n) is 7.77. The van der Waals surface area contributed by atoms with E-state index in [-0.39, 0.29) is 5.41 Å². The van der Waals surface area contributed by atoms with Crippen LogP contribution in [0, 0.1) is 23.2 Å². The summed E-state index contributed by atoms with van der Waals surface area (Å²) in [5.41, 5.74) is -0.213. The number of ether oxygens (including phenoxy) is 1. The molecule has 2 aliphatic rings. The Balaban J connectivity index is 1.90. The van der Waals surface area contributed by atoms with Crippen LogP contribution < -0.4 is 0 Å². The number of likely N-dealkylation sites (tertiary alicyclic amines) is 1. The van der Waals surface area contributed by atoms with Crippen LogP contribution in [0.3, 0.4) is 0 Å². The SMILES string of the molecule is CC(C)CC(C)(C)C(=O)N1CCC(C2CCOC2)C1. The fourth-order valence-corrected chi connectivity index (χ4v) is 3.82. The number of hydrogen-bond donors (Lipinski definition) is 0. The first-order valence-corrected chi connectivity index (χ1v) is 7.77. The van der Waals surface area contributed by atoms with E-state index >= 15 is 0 Å². The second-order valence-electron chi connectivity index (χ2n) is 7.41. The third-order valence-electron chi connectivity index (χ3n) is 4.64. The fourth-order valence-electron chi connectivity index (χ4n) is 3.82. The van der Waals surface area contributed by atoms with Crippen molar-refractivity contribution in [3.05, 3.63) is 0 Å². The molecule has 0 aromatic carbocycles. The molecule has 19 heavy (non-hydrogen) atoms. The van der Waals surface area contributed by atoms with Crippen LogP contribution in [0.5, 0.6) is 0 Å². The molecular weight excluding hydrogens is 238 g/mol. The number of hydrogen-bond acceptors (Lipinski definition) is 2. The number of amides is 1. The molecule has 0 bridgehead atoms. The van der Waals surface area contributed by atoms with E-state index in [2.05, 4.69) is 32.6 Å². The Kier molecular flexibility index (Phi) is 4.54. The number of carbonyl (C=O) groups excluding carboxylic acids is 1. The van der Waals surface area contributed by atoms with Crippen molar-refractivity contribution in [3.8, 4) is 0 Å². The van der Waals surface area contributed by atoms with Crippen LogP contribution in [0.15, 0.2) is 0 Å². The Bertz CT molecular complexity index is 319. The Morgan fingerprint density at radius 1 is 1.32 bits per heavy atom. The van der Waals surface area contributed by atoms with Crippen molar-refractivity contribution in [1.82, 2.24) is 4.90 Å². The second kappa shape index (κ2) is 5.82. The van der Waals surface area contributed by atoms with Crippen molar-refractivity contribution in [3.63, 3.8) is 0 Å². The van der Waals surface area contributed by atoms with Crippen molar-refractivity contribution < 1.29 is 9.53 Å². The van der Waals surface area contributed by atoms with Crippen LogP contribution >= 0.6 is 0 Å². The lowest BCUT2D eigenvalue weighted by molar-refractivity contribution is -0.140. The van der Waals surface area contributed by atoms with Gasteiger partial charge in [-0.3, -0.25) is 4.79 Å². The summed E-state index contributed by atoms with van der Waals surface area (Å²) in [6.45, 7) is 12.3. The maximum absolute atomic E-state index is 12.7. The van der Waals surface area contributed by atoms with Gasteiger partial charge in [-0.15, -0.1) is 0 Å². The molecule has 2 fully saturated rings. The lowest BCUT2D eigenvalue weighted by atomic mass is 9.82. The van der Waals surface area contributed by atoms with E-state index in [4.69, 9.17) is 4.74 Å². The van der Waals surface area contributed by atoms with Crippen LogP contribution in [0.25, 0.3) is 0 Å². The number of carbonyl (C=O) groups is 1. The zero-order chi connectivity index (χ0) is 14.0. The van der Waals surface area contributed by atoms with E-state index in [0.717, 1.165) is 39.1 Å². The monoisotopic (exact) mass is 267 g/mol. The van der Waals surface area contributed by atoms with E-state index in [1.54, 1.807) is 0 Å². The lowest BCUT2D eigenvalue weighted by Crippen LogP contribution is -2.40. The van der Waals surface area contributed by atoms with Gasteiger partial charge in [0.1, 0.15) is 0 Å². The maximum atomic E-state index is 12.7. The molecule has 2 atom stereocenters. The fraction of sp³-hybridized carbons (Fsp3) is 0.938. The molecule has 2 aliphatic heterocycles. The molecule has 2 heterocycles. The third kappa shape index (κ3) is 3.50. The zero-order valence-electron chi connectivity index (χ0n) is 12.9. The zero-order valence-corrected chi connectivity index (χ0v) is 12.9. The topological polar surface area (TPSA) is 29.5 Å². The van der Waals surface area contributed by atoms with Gasteiger partial charge >= 0.3 is 0 Å². The Labute approximate surface area is 117 Å². The molecule has 0 N–H and O–H groups in total. The highest BCUT2D eigenvalue weighted by molar-refractivity contribution is 5.82. The maximum Gasteiger partial charge on any atom is 0.228 e. The quantitative estimate of drug-likeness (QED) is 0.784. The molecule has 3 heteroatoms. The van der Waals surface area contributed by atoms with Gasteiger partial charge in [0, 0.05) is 31.7 Å². The molecule has 110 valence electrons. The van der Waals surface area contributed by atoms with Crippen LogP contribution in [-0.4, -0.2) is 37.1 Å². The predicted molar refractivity (Wildman–Crippen MR) is 76.8 cm³/mol. The Morgan fingerprint density at radius 3 is 2.63 bits per heavy atom. The highest BCUT2D eigenvalue weighted by atomic mass is 16.5. The van der Waals surface area contributed by atoms with Gasteiger partial charge in [-0.05, 0) is 37.0 Å². The summed E-state index contributed by atoms with van der Waals surface area (Å²) in [4.78, 5) is 14.8. The van der Waals surface area contributed by atoms with Crippen molar-refractivity contribution in [2.45, 2.75) is 47.0 Å². The minimum Gasteiger partial charge on any atom is -0.381 e. The van der Waals surface area contributed by atoms with E-state index in [1.807, 2.05) is 0 Å². The molecule has 2 unspecified atom stereocenters. The van der Waals surface area contributed by atoms with Gasteiger partial charge in [-0.25, -0.2) is 0 Å². The summed E-state index contributed by atoms with van der Waals surface area (Å²) in [5.74, 6) is 2.27. The van der Waals surface area contributed by atoms with E-state index in [0.29, 0.717) is 23.7 Å². The van der Waals surface area contributed by atoms with Crippen LogP contribution in [0.4, 0.5) is 0 Å². The number of rotatable bonds is 4. The minimum absolute atomic E-state index is 0.213. The molecule has 0 spiro atoms. The van der Waals surface area contributed by atoms with Crippen molar-refractivity contribution in [2.75, 3.05) is 26.3 Å². The first-order chi connectivity index (χ1) is 8.90. The average molecular weight is 267 g/mol. The van der Waals surface area contributed by atoms with E-state index in [1.165, 1.54) is 6.42 Å². The molecular formula is C16H29NO2. The van der Waals surface area contributed by atoms with E-state index < -0.39 is 0 Å². The molecule has 1 amide bonds. The summed E-state index contributed by atoms with van der Waals surface area (Å²) >= 11 is 0. The summed E-state index contributed by atoms with van der Waals surface area (Å²) in [7, 11) is 0. The van der Waals surface area contributed by atoms with Crippen LogP contribution in [-0.2, 0) is 9.53 Å². The van der Waals surface area contributed by atoms with Crippen molar-refractivity contribution in [1.29, 1.82) is 0 Å². The average Bonchev–Trinajstić information content (AvgIpc) is 2.97. The first kappa shape index (κ1) is 14.8. The molecule has 0 radical (unpaired) electrons. The van der Waals surface area contributed by atoms with Crippen LogP contribution in [0.1, 0.15) is 47.0 Å². The summed E-state index contributed by atoms with van der Waals surface area (Å²) in [6.07, 6.45) is 3.32. The lowest BCUT2D eigenvalue weighted by Gasteiger charge is -2.31. The predicted octanol–water partition coefficient (Wildman–Crippen LogP) is 2.94. The molecule has 2 rings (SSSR count). The van der Waals surface area contributed by atoms with E-state index in [9.17, 15) is 4.79 Å². The van der Waals surface area contributed by atoms with Crippen molar-refractivity contribution in [2.24, 2.45) is 23.2 Å². The van der Waals surface area contributed by atoms with Gasteiger partial charge in [0.2, 0.25) is 5.91 Å². The van der Waals surface area contributed by atoms with Gasteiger partial charge in [0.25, 0.3) is 0 Å². The smallest absolute Gasteiger partial charge is 0.228 e. The Hall–Kier alpha value is -0.570. The molecule has 0 aromatic rings.